The topological polar surface area (TPSA) is 72.2 Å². The Bertz CT molecular complexity index is 716. The standard InChI is InChI=1S/C13H12Cl2N2O2S/c14-12-6-5-11(7-13(12)15)17-20(18,19)8-9-1-3-10(16)4-2-9/h1-7,17H,8,16H2. The summed E-state index contributed by atoms with van der Waals surface area (Å²) < 4.78 is 26.5. The van der Waals surface area contributed by atoms with Crippen LogP contribution in [0, 0.1) is 0 Å². The average molecular weight is 331 g/mol. The van der Waals surface area contributed by atoms with Crippen molar-refractivity contribution in [3.05, 3.63) is 58.1 Å². The largest absolute Gasteiger partial charge is 0.399 e. The molecule has 0 saturated heterocycles. The second-order valence-electron chi connectivity index (χ2n) is 4.23. The van der Waals surface area contributed by atoms with Crippen LogP contribution in [0.15, 0.2) is 42.5 Å². The molecule has 0 aromatic heterocycles. The van der Waals surface area contributed by atoms with Gasteiger partial charge in [0.25, 0.3) is 0 Å². The SMILES string of the molecule is Nc1ccc(CS(=O)(=O)Nc2ccc(Cl)c(Cl)c2)cc1. The lowest BCUT2D eigenvalue weighted by Gasteiger charge is -2.09. The van der Waals surface area contributed by atoms with Crippen LogP contribution in [0.3, 0.4) is 0 Å². The molecular formula is C13H12Cl2N2O2S. The van der Waals surface area contributed by atoms with Crippen LogP contribution < -0.4 is 10.5 Å². The van der Waals surface area contributed by atoms with Crippen molar-refractivity contribution >= 4 is 44.6 Å². The molecular weight excluding hydrogens is 319 g/mol. The first-order valence-corrected chi connectivity index (χ1v) is 8.06. The molecule has 0 heterocycles. The molecule has 0 saturated carbocycles. The van der Waals surface area contributed by atoms with Gasteiger partial charge in [0, 0.05) is 5.69 Å². The van der Waals surface area contributed by atoms with Gasteiger partial charge in [-0.15, -0.1) is 0 Å². The first-order valence-electron chi connectivity index (χ1n) is 5.66. The van der Waals surface area contributed by atoms with E-state index in [4.69, 9.17) is 28.9 Å². The maximum absolute atomic E-state index is 12.0. The van der Waals surface area contributed by atoms with Crippen molar-refractivity contribution in [3.63, 3.8) is 0 Å². The van der Waals surface area contributed by atoms with Crippen LogP contribution in [-0.4, -0.2) is 8.42 Å². The van der Waals surface area contributed by atoms with Gasteiger partial charge in [0.2, 0.25) is 10.0 Å². The van der Waals surface area contributed by atoms with E-state index in [0.29, 0.717) is 27.0 Å². The number of hydrogen-bond acceptors (Lipinski definition) is 3. The highest BCUT2D eigenvalue weighted by Crippen LogP contribution is 2.25. The van der Waals surface area contributed by atoms with Gasteiger partial charge in [-0.3, -0.25) is 4.72 Å². The van der Waals surface area contributed by atoms with Gasteiger partial charge in [-0.2, -0.15) is 0 Å². The van der Waals surface area contributed by atoms with E-state index < -0.39 is 10.0 Å². The molecule has 0 spiro atoms. The minimum absolute atomic E-state index is 0.145. The van der Waals surface area contributed by atoms with Crippen LogP contribution in [0.25, 0.3) is 0 Å². The van der Waals surface area contributed by atoms with Crippen molar-refractivity contribution in [2.75, 3.05) is 10.5 Å². The molecule has 0 aliphatic rings. The minimum atomic E-state index is -3.52. The van der Waals surface area contributed by atoms with Crippen molar-refractivity contribution in [2.24, 2.45) is 0 Å². The van der Waals surface area contributed by atoms with Crippen LogP contribution >= 0.6 is 23.2 Å². The maximum Gasteiger partial charge on any atom is 0.236 e. The van der Waals surface area contributed by atoms with Crippen molar-refractivity contribution in [1.82, 2.24) is 0 Å². The normalized spacial score (nSPS) is 11.3. The highest BCUT2D eigenvalue weighted by molar-refractivity contribution is 7.91. The van der Waals surface area contributed by atoms with E-state index in [1.54, 1.807) is 30.3 Å². The van der Waals surface area contributed by atoms with Crippen LogP contribution in [0.2, 0.25) is 10.0 Å². The highest BCUT2D eigenvalue weighted by Gasteiger charge is 2.12. The zero-order valence-electron chi connectivity index (χ0n) is 10.3. The average Bonchev–Trinajstić information content (AvgIpc) is 2.36. The Balaban J connectivity index is 2.14. The van der Waals surface area contributed by atoms with E-state index in [0.717, 1.165) is 0 Å². The van der Waals surface area contributed by atoms with Crippen LogP contribution in [0.1, 0.15) is 5.56 Å². The maximum atomic E-state index is 12.0. The molecule has 2 aromatic rings. The lowest BCUT2D eigenvalue weighted by atomic mass is 10.2. The molecule has 4 nitrogen and oxygen atoms in total. The summed E-state index contributed by atoms with van der Waals surface area (Å²) in [6.07, 6.45) is 0. The van der Waals surface area contributed by atoms with Gasteiger partial charge in [-0.1, -0.05) is 35.3 Å². The van der Waals surface area contributed by atoms with E-state index in [9.17, 15) is 8.42 Å². The summed E-state index contributed by atoms with van der Waals surface area (Å²) in [5.74, 6) is -0.145. The fraction of sp³-hybridized carbons (Fsp3) is 0.0769. The van der Waals surface area contributed by atoms with E-state index in [1.807, 2.05) is 0 Å². The van der Waals surface area contributed by atoms with Crippen molar-refractivity contribution in [2.45, 2.75) is 5.75 Å². The minimum Gasteiger partial charge on any atom is -0.399 e. The van der Waals surface area contributed by atoms with Gasteiger partial charge in [0.05, 0.1) is 21.5 Å². The monoisotopic (exact) mass is 330 g/mol. The molecule has 0 aliphatic carbocycles. The number of rotatable bonds is 4. The van der Waals surface area contributed by atoms with Gasteiger partial charge in [-0.25, -0.2) is 8.42 Å². The summed E-state index contributed by atoms with van der Waals surface area (Å²) >= 11 is 11.6. The van der Waals surface area contributed by atoms with E-state index in [1.165, 1.54) is 12.1 Å². The molecule has 2 rings (SSSR count). The first kappa shape index (κ1) is 15.0. The van der Waals surface area contributed by atoms with Crippen molar-refractivity contribution in [1.29, 1.82) is 0 Å². The molecule has 7 heteroatoms. The molecule has 0 unspecified atom stereocenters. The van der Waals surface area contributed by atoms with Crippen LogP contribution in [0.5, 0.6) is 0 Å². The Hall–Kier alpha value is -1.43. The number of benzene rings is 2. The lowest BCUT2D eigenvalue weighted by molar-refractivity contribution is 0.600. The molecule has 0 amide bonds. The fourth-order valence-electron chi connectivity index (χ4n) is 1.61. The van der Waals surface area contributed by atoms with E-state index >= 15 is 0 Å². The lowest BCUT2D eigenvalue weighted by Crippen LogP contribution is -2.15. The van der Waals surface area contributed by atoms with Gasteiger partial charge in [0.15, 0.2) is 0 Å². The molecule has 0 fully saturated rings. The molecule has 0 aliphatic heterocycles. The second-order valence-corrected chi connectivity index (χ2v) is 6.77. The summed E-state index contributed by atoms with van der Waals surface area (Å²) in [5, 5.41) is 0.660. The quantitative estimate of drug-likeness (QED) is 0.842. The van der Waals surface area contributed by atoms with Gasteiger partial charge in [0.1, 0.15) is 0 Å². The van der Waals surface area contributed by atoms with Gasteiger partial charge < -0.3 is 5.73 Å². The molecule has 3 N–H and O–H groups in total. The van der Waals surface area contributed by atoms with Gasteiger partial charge >= 0.3 is 0 Å². The van der Waals surface area contributed by atoms with Gasteiger partial charge in [-0.05, 0) is 35.9 Å². The van der Waals surface area contributed by atoms with E-state index in [2.05, 4.69) is 4.72 Å². The Morgan fingerprint density at radius 1 is 1.00 bits per heavy atom. The highest BCUT2D eigenvalue weighted by atomic mass is 35.5. The Labute approximate surface area is 127 Å². The smallest absolute Gasteiger partial charge is 0.236 e. The molecule has 0 radical (unpaired) electrons. The summed E-state index contributed by atoms with van der Waals surface area (Å²) in [4.78, 5) is 0. The summed E-state index contributed by atoms with van der Waals surface area (Å²) in [6.45, 7) is 0. The second kappa shape index (κ2) is 5.91. The predicted octanol–water partition coefficient (Wildman–Crippen LogP) is 3.52. The predicted molar refractivity (Wildman–Crippen MR) is 83.6 cm³/mol. The van der Waals surface area contributed by atoms with Crippen LogP contribution in [-0.2, 0) is 15.8 Å². The Kier molecular flexibility index (Phi) is 4.42. The molecule has 2 aromatic carbocycles. The fourth-order valence-corrected chi connectivity index (χ4v) is 3.10. The van der Waals surface area contributed by atoms with E-state index in [-0.39, 0.29) is 5.75 Å². The molecule has 106 valence electrons. The summed E-state index contributed by atoms with van der Waals surface area (Å²) in [7, 11) is -3.52. The zero-order valence-corrected chi connectivity index (χ0v) is 12.6. The zero-order chi connectivity index (χ0) is 14.8. The molecule has 0 atom stereocenters. The van der Waals surface area contributed by atoms with Crippen LogP contribution in [0.4, 0.5) is 11.4 Å². The summed E-state index contributed by atoms with van der Waals surface area (Å²) in [6, 6.07) is 11.2. The molecule has 20 heavy (non-hydrogen) atoms. The Morgan fingerprint density at radius 2 is 1.65 bits per heavy atom. The molecule has 0 bridgehead atoms. The first-order chi connectivity index (χ1) is 9.35. The number of nitrogens with two attached hydrogens (primary N) is 1. The number of halogens is 2. The van der Waals surface area contributed by atoms with Crippen molar-refractivity contribution < 1.29 is 8.42 Å². The third-order valence-electron chi connectivity index (χ3n) is 2.53. The Morgan fingerprint density at radius 3 is 2.25 bits per heavy atom. The number of nitrogens with one attached hydrogen (secondary N) is 1. The third-order valence-corrected chi connectivity index (χ3v) is 4.53. The third kappa shape index (κ3) is 4.03. The van der Waals surface area contributed by atoms with Crippen molar-refractivity contribution in [3.8, 4) is 0 Å². The number of sulfonamides is 1. The number of hydrogen-bond donors (Lipinski definition) is 2. The number of anilines is 2. The number of nitrogen functional groups attached to an aromatic ring is 1. The summed E-state index contributed by atoms with van der Waals surface area (Å²) in [5.41, 5.74) is 7.15.